The van der Waals surface area contributed by atoms with E-state index in [1.807, 2.05) is 4.90 Å². The van der Waals surface area contributed by atoms with E-state index in [2.05, 4.69) is 4.99 Å². The summed E-state index contributed by atoms with van der Waals surface area (Å²) >= 11 is 0. The Morgan fingerprint density at radius 3 is 2.71 bits per heavy atom. The minimum Gasteiger partial charge on any atom is -0.412 e. The van der Waals surface area contributed by atoms with Gasteiger partial charge in [0.1, 0.15) is 17.2 Å². The Bertz CT molecular complexity index is 427. The molecule has 5 nitrogen and oxygen atoms in total. The lowest BCUT2D eigenvalue weighted by Crippen LogP contribution is -2.36. The summed E-state index contributed by atoms with van der Waals surface area (Å²) in [6.07, 6.45) is 1.44. The van der Waals surface area contributed by atoms with Crippen molar-refractivity contribution in [3.8, 4) is 0 Å². The fourth-order valence-electron chi connectivity index (χ4n) is 1.74. The molecule has 1 aromatic carbocycles. The molecule has 0 aliphatic carbocycles. The Labute approximate surface area is 97.8 Å². The van der Waals surface area contributed by atoms with Crippen molar-refractivity contribution in [1.82, 2.24) is 0 Å². The molecule has 2 N–H and O–H groups in total. The van der Waals surface area contributed by atoms with Crippen molar-refractivity contribution in [2.24, 2.45) is 4.99 Å². The largest absolute Gasteiger partial charge is 0.412 e. The molecular weight excluding hydrogens is 227 g/mol. The molecule has 0 radical (unpaired) electrons. The van der Waals surface area contributed by atoms with Gasteiger partial charge < -0.3 is 15.1 Å². The van der Waals surface area contributed by atoms with Crippen LogP contribution in [-0.2, 0) is 9.53 Å². The first kappa shape index (κ1) is 13.3. The van der Waals surface area contributed by atoms with E-state index >= 15 is 0 Å². The molecule has 2 rings (SSSR count). The second kappa shape index (κ2) is 6.10. The highest BCUT2D eigenvalue weighted by Gasteiger charge is 2.18. The van der Waals surface area contributed by atoms with E-state index in [1.54, 1.807) is 6.07 Å². The average Bonchev–Trinajstić information content (AvgIpc) is 2.31. The molecule has 0 spiro atoms. The second-order valence-corrected chi connectivity index (χ2v) is 3.41. The molecule has 1 saturated heterocycles. The van der Waals surface area contributed by atoms with Crippen LogP contribution in [0.25, 0.3) is 0 Å². The van der Waals surface area contributed by atoms with E-state index in [9.17, 15) is 9.18 Å². The molecule has 1 fully saturated rings. The lowest BCUT2D eigenvalue weighted by Gasteiger charge is -2.29. The van der Waals surface area contributed by atoms with Gasteiger partial charge in [0.25, 0.3) is 0 Å². The monoisotopic (exact) mass is 240 g/mol. The number of para-hydroxylation sites is 1. The van der Waals surface area contributed by atoms with E-state index in [1.165, 1.54) is 18.2 Å². The third-order valence-electron chi connectivity index (χ3n) is 2.46. The first-order valence-corrected chi connectivity index (χ1v) is 5.02. The third-order valence-corrected chi connectivity index (χ3v) is 2.46. The second-order valence-electron chi connectivity index (χ2n) is 3.41. The quantitative estimate of drug-likeness (QED) is 0.567. The van der Waals surface area contributed by atoms with Gasteiger partial charge in [0.05, 0.1) is 13.2 Å². The van der Waals surface area contributed by atoms with Gasteiger partial charge in [-0.3, -0.25) is 0 Å². The first-order chi connectivity index (χ1) is 7.83. The molecule has 1 aliphatic rings. The fraction of sp³-hybridized carbons (Fsp3) is 0.364. The van der Waals surface area contributed by atoms with Crippen LogP contribution in [-0.4, -0.2) is 37.9 Å². The van der Waals surface area contributed by atoms with Crippen LogP contribution in [0.1, 0.15) is 0 Å². The van der Waals surface area contributed by atoms with Crippen molar-refractivity contribution in [3.05, 3.63) is 24.0 Å². The molecular formula is C11H13FN2O3. The summed E-state index contributed by atoms with van der Waals surface area (Å²) in [5.41, 5.74) is 0.672. The summed E-state index contributed by atoms with van der Waals surface area (Å²) < 4.78 is 18.9. The van der Waals surface area contributed by atoms with Crippen molar-refractivity contribution in [2.45, 2.75) is 0 Å². The lowest BCUT2D eigenvalue weighted by atomic mass is 10.2. The lowest BCUT2D eigenvalue weighted by molar-refractivity contribution is 0.122. The first-order valence-electron chi connectivity index (χ1n) is 5.02. The smallest absolute Gasteiger partial charge is 0.240 e. The zero-order valence-electron chi connectivity index (χ0n) is 9.15. The summed E-state index contributed by atoms with van der Waals surface area (Å²) in [7, 11) is 0. The van der Waals surface area contributed by atoms with Crippen molar-refractivity contribution in [2.75, 3.05) is 31.2 Å². The summed E-state index contributed by atoms with van der Waals surface area (Å²) in [5.74, 6) is -0.376. The minimum absolute atomic E-state index is 0. The molecule has 0 unspecified atom stereocenters. The van der Waals surface area contributed by atoms with Crippen LogP contribution < -0.4 is 4.90 Å². The number of hydrogen-bond donors (Lipinski definition) is 0. The number of benzene rings is 1. The van der Waals surface area contributed by atoms with Crippen LogP contribution in [0.5, 0.6) is 0 Å². The van der Waals surface area contributed by atoms with Crippen molar-refractivity contribution in [3.63, 3.8) is 0 Å². The molecule has 1 heterocycles. The molecule has 6 heteroatoms. The zero-order chi connectivity index (χ0) is 11.4. The Morgan fingerprint density at radius 1 is 1.35 bits per heavy atom. The Morgan fingerprint density at radius 2 is 2.06 bits per heavy atom. The maximum atomic E-state index is 13.7. The van der Waals surface area contributed by atoms with Gasteiger partial charge in [-0.15, -0.1) is 0 Å². The van der Waals surface area contributed by atoms with Gasteiger partial charge in [0.15, 0.2) is 0 Å². The van der Waals surface area contributed by atoms with Crippen LogP contribution in [0, 0.1) is 5.82 Å². The highest BCUT2D eigenvalue weighted by Crippen LogP contribution is 2.31. The molecule has 0 amide bonds. The summed E-state index contributed by atoms with van der Waals surface area (Å²) in [5, 5.41) is 0. The van der Waals surface area contributed by atoms with Crippen molar-refractivity contribution >= 4 is 17.5 Å². The fourth-order valence-corrected chi connectivity index (χ4v) is 1.74. The van der Waals surface area contributed by atoms with Crippen LogP contribution in [0.15, 0.2) is 23.2 Å². The van der Waals surface area contributed by atoms with E-state index in [-0.39, 0.29) is 11.3 Å². The van der Waals surface area contributed by atoms with Crippen LogP contribution >= 0.6 is 0 Å². The number of isocyanates is 1. The van der Waals surface area contributed by atoms with Crippen molar-refractivity contribution in [1.29, 1.82) is 0 Å². The Kier molecular flexibility index (Phi) is 4.78. The summed E-state index contributed by atoms with van der Waals surface area (Å²) in [4.78, 5) is 15.6. The van der Waals surface area contributed by atoms with Gasteiger partial charge in [0.2, 0.25) is 6.08 Å². The summed E-state index contributed by atoms with van der Waals surface area (Å²) in [6.45, 7) is 2.31. The zero-order valence-corrected chi connectivity index (χ0v) is 9.15. The molecule has 1 aromatic rings. The molecule has 92 valence electrons. The van der Waals surface area contributed by atoms with E-state index < -0.39 is 0 Å². The number of anilines is 1. The van der Waals surface area contributed by atoms with Crippen molar-refractivity contribution < 1.29 is 19.4 Å². The van der Waals surface area contributed by atoms with Gasteiger partial charge in [0, 0.05) is 13.1 Å². The van der Waals surface area contributed by atoms with Crippen LogP contribution in [0.3, 0.4) is 0 Å². The molecule has 0 saturated carbocycles. The van der Waals surface area contributed by atoms with Crippen LogP contribution in [0.4, 0.5) is 15.8 Å². The van der Waals surface area contributed by atoms with Gasteiger partial charge in [-0.2, -0.15) is 4.99 Å². The number of carbonyl (C=O) groups excluding carboxylic acids is 1. The number of ether oxygens (including phenoxy) is 1. The number of morpholine rings is 1. The molecule has 0 atom stereocenters. The molecule has 0 aromatic heterocycles. The highest BCUT2D eigenvalue weighted by atomic mass is 19.1. The minimum atomic E-state index is -0.376. The average molecular weight is 240 g/mol. The van der Waals surface area contributed by atoms with Crippen LogP contribution in [0.2, 0.25) is 0 Å². The maximum absolute atomic E-state index is 13.7. The highest BCUT2D eigenvalue weighted by molar-refractivity contribution is 5.70. The van der Waals surface area contributed by atoms with Gasteiger partial charge >= 0.3 is 0 Å². The SMILES string of the molecule is O.O=C=Nc1cccc(F)c1N1CCOCC1. The Hall–Kier alpha value is -1.75. The maximum Gasteiger partial charge on any atom is 0.240 e. The molecule has 0 bridgehead atoms. The number of hydrogen-bond acceptors (Lipinski definition) is 4. The number of nitrogens with zero attached hydrogens (tertiary/aromatic N) is 2. The predicted molar refractivity (Wildman–Crippen MR) is 60.8 cm³/mol. The molecule has 17 heavy (non-hydrogen) atoms. The number of rotatable bonds is 2. The third kappa shape index (κ3) is 2.88. The predicted octanol–water partition coefficient (Wildman–Crippen LogP) is 0.805. The number of aliphatic imine (C=N–C) groups is 1. The van der Waals surface area contributed by atoms with E-state index in [0.717, 1.165) is 0 Å². The van der Waals surface area contributed by atoms with E-state index in [0.29, 0.717) is 37.7 Å². The topological polar surface area (TPSA) is 73.4 Å². The van der Waals surface area contributed by atoms with Gasteiger partial charge in [-0.1, -0.05) is 6.07 Å². The van der Waals surface area contributed by atoms with Gasteiger partial charge in [-0.25, -0.2) is 9.18 Å². The van der Waals surface area contributed by atoms with E-state index in [4.69, 9.17) is 4.74 Å². The number of halogens is 1. The summed E-state index contributed by atoms with van der Waals surface area (Å²) in [6, 6.07) is 4.48. The normalized spacial score (nSPS) is 14.8. The Balaban J connectivity index is 0.00000144. The molecule has 1 aliphatic heterocycles. The van der Waals surface area contributed by atoms with Gasteiger partial charge in [-0.05, 0) is 12.1 Å². The standard InChI is InChI=1S/C11H11FN2O2.H2O/c12-9-2-1-3-10(13-8-15)11(9)14-4-6-16-7-5-14;/h1-3H,4-7H2;1H2.